The minimum absolute atomic E-state index is 0.0319. The Labute approximate surface area is 168 Å². The Morgan fingerprint density at radius 3 is 1.63 bits per heavy atom. The fourth-order valence-electron chi connectivity index (χ4n) is 3.76. The number of rotatable bonds is 18. The molecule has 1 unspecified atom stereocenters. The van der Waals surface area contributed by atoms with E-state index in [1.54, 1.807) is 14.1 Å². The summed E-state index contributed by atoms with van der Waals surface area (Å²) in [6, 6.07) is 0. The van der Waals surface area contributed by atoms with Gasteiger partial charge in [0.05, 0.1) is 6.10 Å². The highest BCUT2D eigenvalue weighted by molar-refractivity contribution is 5.83. The Bertz CT molecular complexity index is 373. The van der Waals surface area contributed by atoms with Crippen molar-refractivity contribution in [1.29, 1.82) is 0 Å². The molecule has 0 aliphatic carbocycles. The summed E-state index contributed by atoms with van der Waals surface area (Å²) in [6.07, 6.45) is 19.8. The first-order valence-corrected chi connectivity index (χ1v) is 11.6. The molecule has 27 heavy (non-hydrogen) atoms. The highest BCUT2D eigenvalue weighted by Crippen LogP contribution is 2.29. The second-order valence-corrected chi connectivity index (χ2v) is 8.56. The molecule has 1 aliphatic rings. The van der Waals surface area contributed by atoms with Gasteiger partial charge < -0.3 is 14.7 Å². The summed E-state index contributed by atoms with van der Waals surface area (Å²) in [5.74, 6) is -0.0319. The van der Waals surface area contributed by atoms with E-state index in [2.05, 4.69) is 6.92 Å². The first kappa shape index (κ1) is 24.4. The lowest BCUT2D eigenvalue weighted by Crippen LogP contribution is -2.30. The average Bonchev–Trinajstić information content (AvgIpc) is 3.44. The third-order valence-electron chi connectivity index (χ3n) is 5.69. The van der Waals surface area contributed by atoms with E-state index >= 15 is 0 Å². The molecule has 1 fully saturated rings. The molecule has 3 atom stereocenters. The molecule has 4 heteroatoms. The molecule has 0 aromatic heterocycles. The normalized spacial score (nSPS) is 19.9. The number of carbonyl (C=O) groups excluding carboxylic acids is 1. The van der Waals surface area contributed by atoms with Gasteiger partial charge in [0.1, 0.15) is 6.10 Å². The SMILES string of the molecule is CCCCCCCCCCCCCCCCCC(O)[C@H]1O[C@H]1C(=O)N(C)C. The third-order valence-corrected chi connectivity index (χ3v) is 5.69. The van der Waals surface area contributed by atoms with E-state index in [1.165, 1.54) is 94.8 Å². The van der Waals surface area contributed by atoms with Crippen LogP contribution < -0.4 is 0 Å². The average molecular weight is 384 g/mol. The number of aliphatic hydroxyl groups excluding tert-OH is 1. The summed E-state index contributed by atoms with van der Waals surface area (Å²) in [6.45, 7) is 2.28. The largest absolute Gasteiger partial charge is 0.390 e. The number of nitrogens with zero attached hydrogens (tertiary/aromatic N) is 1. The van der Waals surface area contributed by atoms with Crippen LogP contribution in [0.2, 0.25) is 0 Å². The van der Waals surface area contributed by atoms with E-state index < -0.39 is 12.2 Å². The molecule has 1 amide bonds. The number of likely N-dealkylation sites (N-methyl/N-ethyl adjacent to an activating group) is 1. The maximum atomic E-state index is 11.7. The zero-order valence-corrected chi connectivity index (χ0v) is 18.3. The summed E-state index contributed by atoms with van der Waals surface area (Å²) in [5.41, 5.74) is 0. The summed E-state index contributed by atoms with van der Waals surface area (Å²) in [7, 11) is 3.45. The lowest BCUT2D eigenvalue weighted by molar-refractivity contribution is -0.130. The van der Waals surface area contributed by atoms with E-state index in [9.17, 15) is 9.90 Å². The highest BCUT2D eigenvalue weighted by atomic mass is 16.6. The van der Waals surface area contributed by atoms with Gasteiger partial charge in [-0.15, -0.1) is 0 Å². The predicted octanol–water partition coefficient (Wildman–Crippen LogP) is 5.46. The van der Waals surface area contributed by atoms with Crippen LogP contribution in [0.1, 0.15) is 110 Å². The van der Waals surface area contributed by atoms with Crippen molar-refractivity contribution in [3.8, 4) is 0 Å². The summed E-state index contributed by atoms with van der Waals surface area (Å²) in [4.78, 5) is 13.3. The topological polar surface area (TPSA) is 53.1 Å². The van der Waals surface area contributed by atoms with Gasteiger partial charge in [-0.1, -0.05) is 103 Å². The van der Waals surface area contributed by atoms with E-state index in [4.69, 9.17) is 4.74 Å². The lowest BCUT2D eigenvalue weighted by Gasteiger charge is -2.09. The Balaban J connectivity index is 1.79. The smallest absolute Gasteiger partial charge is 0.254 e. The summed E-state index contributed by atoms with van der Waals surface area (Å²) in [5, 5.41) is 10.1. The molecule has 0 aromatic rings. The van der Waals surface area contributed by atoms with Crippen LogP contribution in [0.5, 0.6) is 0 Å². The number of hydrogen-bond acceptors (Lipinski definition) is 3. The van der Waals surface area contributed by atoms with Crippen molar-refractivity contribution in [3.63, 3.8) is 0 Å². The molecule has 0 saturated carbocycles. The molecule has 0 aromatic carbocycles. The number of amides is 1. The van der Waals surface area contributed by atoms with Crippen molar-refractivity contribution < 1.29 is 14.6 Å². The first-order valence-electron chi connectivity index (χ1n) is 11.6. The highest BCUT2D eigenvalue weighted by Gasteiger charge is 2.49. The van der Waals surface area contributed by atoms with Crippen molar-refractivity contribution in [2.75, 3.05) is 14.1 Å². The van der Waals surface area contributed by atoms with E-state index in [-0.39, 0.29) is 12.0 Å². The number of aliphatic hydroxyl groups is 1. The van der Waals surface area contributed by atoms with Gasteiger partial charge in [0.2, 0.25) is 0 Å². The van der Waals surface area contributed by atoms with Gasteiger partial charge in [-0.2, -0.15) is 0 Å². The summed E-state index contributed by atoms with van der Waals surface area (Å²) >= 11 is 0. The Morgan fingerprint density at radius 2 is 1.22 bits per heavy atom. The molecule has 160 valence electrons. The Morgan fingerprint density at radius 1 is 0.815 bits per heavy atom. The molecular formula is C23H45NO3. The van der Waals surface area contributed by atoms with Crippen LogP contribution in [0.25, 0.3) is 0 Å². The monoisotopic (exact) mass is 383 g/mol. The van der Waals surface area contributed by atoms with Crippen molar-refractivity contribution in [2.45, 2.75) is 128 Å². The molecule has 0 spiro atoms. The molecule has 1 heterocycles. The predicted molar refractivity (Wildman–Crippen MR) is 113 cm³/mol. The van der Waals surface area contributed by atoms with Gasteiger partial charge in [0.25, 0.3) is 5.91 Å². The van der Waals surface area contributed by atoms with Crippen LogP contribution in [0.3, 0.4) is 0 Å². The van der Waals surface area contributed by atoms with E-state index in [0.29, 0.717) is 0 Å². The third kappa shape index (κ3) is 11.7. The Hall–Kier alpha value is -0.610. The number of ether oxygens (including phenoxy) is 1. The molecule has 1 aliphatic heterocycles. The second-order valence-electron chi connectivity index (χ2n) is 8.56. The van der Waals surface area contributed by atoms with Crippen LogP contribution in [0.4, 0.5) is 0 Å². The van der Waals surface area contributed by atoms with Crippen LogP contribution in [0, 0.1) is 0 Å². The van der Waals surface area contributed by atoms with Crippen LogP contribution in [-0.2, 0) is 9.53 Å². The first-order chi connectivity index (χ1) is 13.1. The maximum absolute atomic E-state index is 11.7. The van der Waals surface area contributed by atoms with Gasteiger partial charge in [0, 0.05) is 14.1 Å². The van der Waals surface area contributed by atoms with Crippen LogP contribution >= 0.6 is 0 Å². The van der Waals surface area contributed by atoms with Crippen molar-refractivity contribution >= 4 is 5.91 Å². The Kier molecular flexibility index (Phi) is 13.9. The zero-order chi connectivity index (χ0) is 19.9. The fraction of sp³-hybridized carbons (Fsp3) is 0.957. The summed E-state index contributed by atoms with van der Waals surface area (Å²) < 4.78 is 5.34. The number of carbonyl (C=O) groups is 1. The van der Waals surface area contributed by atoms with E-state index in [1.807, 2.05) is 0 Å². The zero-order valence-electron chi connectivity index (χ0n) is 18.3. The molecule has 4 nitrogen and oxygen atoms in total. The van der Waals surface area contributed by atoms with Gasteiger partial charge in [-0.25, -0.2) is 0 Å². The number of epoxide rings is 1. The number of unbranched alkanes of at least 4 members (excludes halogenated alkanes) is 14. The van der Waals surface area contributed by atoms with Gasteiger partial charge in [-0.05, 0) is 6.42 Å². The number of hydrogen-bond donors (Lipinski definition) is 1. The molecule has 0 bridgehead atoms. The minimum Gasteiger partial charge on any atom is -0.390 e. The standard InChI is InChI=1S/C23H45NO3/c1-4-5-6-7-8-9-10-11-12-13-14-15-16-17-18-19-20(25)21-22(27-21)23(26)24(2)3/h20-22,25H,4-19H2,1-3H3/t20?,21-,22-/m1/s1. The van der Waals surface area contributed by atoms with Crippen LogP contribution in [0.15, 0.2) is 0 Å². The molecule has 1 N–H and O–H groups in total. The van der Waals surface area contributed by atoms with Crippen molar-refractivity contribution in [2.24, 2.45) is 0 Å². The van der Waals surface area contributed by atoms with Crippen molar-refractivity contribution in [3.05, 3.63) is 0 Å². The molecule has 1 rings (SSSR count). The fourth-order valence-corrected chi connectivity index (χ4v) is 3.76. The van der Waals surface area contributed by atoms with Gasteiger partial charge >= 0.3 is 0 Å². The van der Waals surface area contributed by atoms with Crippen LogP contribution in [-0.4, -0.2) is 48.3 Å². The molecular weight excluding hydrogens is 338 g/mol. The lowest BCUT2D eigenvalue weighted by atomic mass is 10.0. The maximum Gasteiger partial charge on any atom is 0.254 e. The molecule has 0 radical (unpaired) electrons. The van der Waals surface area contributed by atoms with Crippen molar-refractivity contribution in [1.82, 2.24) is 4.90 Å². The van der Waals surface area contributed by atoms with E-state index in [0.717, 1.165) is 12.8 Å². The minimum atomic E-state index is -0.485. The molecule has 1 saturated heterocycles. The second kappa shape index (κ2) is 15.3. The van der Waals surface area contributed by atoms with Gasteiger partial charge in [0.15, 0.2) is 6.10 Å². The quantitative estimate of drug-likeness (QED) is 0.252. The van der Waals surface area contributed by atoms with Gasteiger partial charge in [-0.3, -0.25) is 4.79 Å².